The fourth-order valence-corrected chi connectivity index (χ4v) is 4.64. The first-order chi connectivity index (χ1) is 16.1. The Morgan fingerprint density at radius 2 is 1.76 bits per heavy atom. The summed E-state index contributed by atoms with van der Waals surface area (Å²) in [4.78, 5) is 13.5. The number of anilines is 1. The van der Waals surface area contributed by atoms with Crippen LogP contribution in [0.1, 0.15) is 29.1 Å². The van der Waals surface area contributed by atoms with Crippen LogP contribution in [0.2, 0.25) is 0 Å². The van der Waals surface area contributed by atoms with Crippen LogP contribution in [0.5, 0.6) is 5.75 Å². The summed E-state index contributed by atoms with van der Waals surface area (Å²) in [6.07, 6.45) is 0. The van der Waals surface area contributed by atoms with Gasteiger partial charge < -0.3 is 10.1 Å². The monoisotopic (exact) mass is 458 g/mol. The van der Waals surface area contributed by atoms with E-state index in [1.54, 1.807) is 0 Å². The maximum absolute atomic E-state index is 13.5. The predicted octanol–water partition coefficient (Wildman–Crippen LogP) is 5.75. The van der Waals surface area contributed by atoms with Crippen molar-refractivity contribution in [2.75, 3.05) is 11.9 Å². The minimum absolute atomic E-state index is 0.158. The third-order valence-electron chi connectivity index (χ3n) is 5.06. The first kappa shape index (κ1) is 22.6. The molecular weight excluding hydrogens is 432 g/mol. The van der Waals surface area contributed by atoms with E-state index in [1.165, 1.54) is 11.8 Å². The molecule has 0 fully saturated rings. The van der Waals surface area contributed by atoms with Crippen LogP contribution in [0.25, 0.3) is 5.69 Å². The lowest BCUT2D eigenvalue weighted by Crippen LogP contribution is -2.20. The van der Waals surface area contributed by atoms with Crippen LogP contribution in [0.4, 0.5) is 5.69 Å². The SMILES string of the molecule is CCOc1ccccc1NC(=O)C(Sc1nnc(C)n1-c1cccc(C)c1)c1ccccc1. The number of rotatable bonds is 8. The summed E-state index contributed by atoms with van der Waals surface area (Å²) in [7, 11) is 0. The molecule has 1 N–H and O–H groups in total. The molecule has 33 heavy (non-hydrogen) atoms. The maximum Gasteiger partial charge on any atom is 0.242 e. The third kappa shape index (κ3) is 5.26. The number of carbonyl (C=O) groups excluding carboxylic acids is 1. The van der Waals surface area contributed by atoms with Gasteiger partial charge in [0.15, 0.2) is 5.16 Å². The molecule has 4 rings (SSSR count). The largest absolute Gasteiger partial charge is 0.492 e. The average molecular weight is 459 g/mol. The molecule has 0 aliphatic carbocycles. The van der Waals surface area contributed by atoms with Crippen molar-refractivity contribution in [1.29, 1.82) is 0 Å². The fraction of sp³-hybridized carbons (Fsp3) is 0.192. The molecule has 6 nitrogen and oxygen atoms in total. The lowest BCUT2D eigenvalue weighted by Gasteiger charge is -2.19. The number of hydrogen-bond donors (Lipinski definition) is 1. The maximum atomic E-state index is 13.5. The van der Waals surface area contributed by atoms with Crippen molar-refractivity contribution < 1.29 is 9.53 Å². The quantitative estimate of drug-likeness (QED) is 0.340. The first-order valence-corrected chi connectivity index (χ1v) is 11.7. The number of ether oxygens (including phenoxy) is 1. The Morgan fingerprint density at radius 3 is 2.52 bits per heavy atom. The van der Waals surface area contributed by atoms with Gasteiger partial charge >= 0.3 is 0 Å². The van der Waals surface area contributed by atoms with Crippen LogP contribution in [0, 0.1) is 13.8 Å². The second-order valence-electron chi connectivity index (χ2n) is 7.53. The first-order valence-electron chi connectivity index (χ1n) is 10.8. The highest BCUT2D eigenvalue weighted by Gasteiger charge is 2.26. The minimum Gasteiger partial charge on any atom is -0.492 e. The summed E-state index contributed by atoms with van der Waals surface area (Å²) in [6.45, 7) is 6.39. The van der Waals surface area contributed by atoms with Crippen molar-refractivity contribution >= 4 is 23.4 Å². The summed E-state index contributed by atoms with van der Waals surface area (Å²) in [5.41, 5.74) is 3.63. The van der Waals surface area contributed by atoms with E-state index >= 15 is 0 Å². The number of carbonyl (C=O) groups is 1. The topological polar surface area (TPSA) is 69.0 Å². The molecule has 4 aromatic rings. The average Bonchev–Trinajstić information content (AvgIpc) is 3.19. The summed E-state index contributed by atoms with van der Waals surface area (Å²) in [6, 6.07) is 25.3. The van der Waals surface area contributed by atoms with E-state index in [0.29, 0.717) is 23.2 Å². The van der Waals surface area contributed by atoms with Crippen molar-refractivity contribution in [2.24, 2.45) is 0 Å². The number of nitrogens with one attached hydrogen (secondary N) is 1. The Bertz CT molecular complexity index is 1240. The molecule has 0 aliphatic heterocycles. The van der Waals surface area contributed by atoms with Crippen LogP contribution in [-0.2, 0) is 4.79 Å². The highest BCUT2D eigenvalue weighted by molar-refractivity contribution is 8.00. The molecule has 0 aliphatic rings. The van der Waals surface area contributed by atoms with Gasteiger partial charge in [-0.1, -0.05) is 66.4 Å². The Hall–Kier alpha value is -3.58. The molecule has 1 unspecified atom stereocenters. The van der Waals surface area contributed by atoms with Gasteiger partial charge in [-0.25, -0.2) is 0 Å². The number of aryl methyl sites for hydroxylation is 2. The molecule has 1 atom stereocenters. The van der Waals surface area contributed by atoms with E-state index in [-0.39, 0.29) is 5.91 Å². The molecule has 0 saturated heterocycles. The Kier molecular flexibility index (Phi) is 7.10. The molecular formula is C26H26N4O2S. The molecule has 0 bridgehead atoms. The summed E-state index contributed by atoms with van der Waals surface area (Å²) in [5, 5.41) is 11.9. The number of para-hydroxylation sites is 2. The molecule has 168 valence electrons. The number of thioether (sulfide) groups is 1. The van der Waals surface area contributed by atoms with Crippen molar-refractivity contribution in [3.63, 3.8) is 0 Å². The lowest BCUT2D eigenvalue weighted by atomic mass is 10.1. The number of hydrogen-bond acceptors (Lipinski definition) is 5. The number of amides is 1. The molecule has 3 aromatic carbocycles. The van der Waals surface area contributed by atoms with E-state index in [9.17, 15) is 4.79 Å². The van der Waals surface area contributed by atoms with Crippen LogP contribution in [0.3, 0.4) is 0 Å². The summed E-state index contributed by atoms with van der Waals surface area (Å²) >= 11 is 1.37. The molecule has 0 saturated carbocycles. The van der Waals surface area contributed by atoms with Crippen molar-refractivity contribution in [1.82, 2.24) is 14.8 Å². The third-order valence-corrected chi connectivity index (χ3v) is 6.26. The Balaban J connectivity index is 1.69. The Labute approximate surface area is 198 Å². The van der Waals surface area contributed by atoms with E-state index in [4.69, 9.17) is 4.74 Å². The molecule has 1 aromatic heterocycles. The zero-order valence-corrected chi connectivity index (χ0v) is 19.7. The van der Waals surface area contributed by atoms with Gasteiger partial charge in [0.2, 0.25) is 5.91 Å². The standard InChI is InChI=1S/C26H26N4O2S/c1-4-32-23-16-9-8-15-22(23)27-25(31)24(20-12-6-5-7-13-20)33-26-29-28-19(3)30(26)21-14-10-11-18(2)17-21/h5-17,24H,4H2,1-3H3,(H,27,31). The van der Waals surface area contributed by atoms with E-state index in [1.807, 2.05) is 98.1 Å². The van der Waals surface area contributed by atoms with Crippen LogP contribution < -0.4 is 10.1 Å². The summed E-state index contributed by atoms with van der Waals surface area (Å²) in [5.74, 6) is 1.25. The van der Waals surface area contributed by atoms with E-state index in [2.05, 4.69) is 21.6 Å². The predicted molar refractivity (Wildman–Crippen MR) is 132 cm³/mol. The van der Waals surface area contributed by atoms with Crippen molar-refractivity contribution in [3.05, 3.63) is 95.8 Å². The van der Waals surface area contributed by atoms with Gasteiger partial charge in [0.05, 0.1) is 12.3 Å². The van der Waals surface area contributed by atoms with Crippen LogP contribution in [0.15, 0.2) is 84.0 Å². The number of benzene rings is 3. The van der Waals surface area contributed by atoms with Crippen molar-refractivity contribution in [3.8, 4) is 11.4 Å². The fourth-order valence-electron chi connectivity index (χ4n) is 3.54. The normalized spacial score (nSPS) is 11.7. The van der Waals surface area contributed by atoms with Crippen LogP contribution in [-0.4, -0.2) is 27.3 Å². The van der Waals surface area contributed by atoms with Gasteiger partial charge in [-0.15, -0.1) is 10.2 Å². The lowest BCUT2D eigenvalue weighted by molar-refractivity contribution is -0.115. The highest BCUT2D eigenvalue weighted by Crippen LogP contribution is 2.37. The van der Waals surface area contributed by atoms with Gasteiger partial charge in [-0.05, 0) is 56.2 Å². The zero-order chi connectivity index (χ0) is 23.2. The molecule has 7 heteroatoms. The van der Waals surface area contributed by atoms with Crippen molar-refractivity contribution in [2.45, 2.75) is 31.2 Å². The van der Waals surface area contributed by atoms with E-state index in [0.717, 1.165) is 22.6 Å². The smallest absolute Gasteiger partial charge is 0.242 e. The van der Waals surface area contributed by atoms with Gasteiger partial charge in [0.25, 0.3) is 0 Å². The van der Waals surface area contributed by atoms with Gasteiger partial charge in [-0.3, -0.25) is 9.36 Å². The number of aromatic nitrogens is 3. The molecule has 1 amide bonds. The second kappa shape index (κ2) is 10.4. The molecule has 1 heterocycles. The molecule has 0 radical (unpaired) electrons. The van der Waals surface area contributed by atoms with Crippen LogP contribution >= 0.6 is 11.8 Å². The molecule has 0 spiro atoms. The zero-order valence-electron chi connectivity index (χ0n) is 18.9. The van der Waals surface area contributed by atoms with Gasteiger partial charge in [0, 0.05) is 5.69 Å². The van der Waals surface area contributed by atoms with E-state index < -0.39 is 5.25 Å². The Morgan fingerprint density at radius 1 is 1.00 bits per heavy atom. The van der Waals surface area contributed by atoms with Gasteiger partial charge in [-0.2, -0.15) is 0 Å². The minimum atomic E-state index is -0.534. The number of nitrogens with zero attached hydrogens (tertiary/aromatic N) is 3. The summed E-state index contributed by atoms with van der Waals surface area (Å²) < 4.78 is 7.67. The second-order valence-corrected chi connectivity index (χ2v) is 8.60. The highest BCUT2D eigenvalue weighted by atomic mass is 32.2. The van der Waals surface area contributed by atoms with Gasteiger partial charge in [0.1, 0.15) is 16.8 Å².